The van der Waals surface area contributed by atoms with Gasteiger partial charge in [0.05, 0.1) is 23.6 Å². The van der Waals surface area contributed by atoms with Gasteiger partial charge in [0.15, 0.2) is 0 Å². The lowest BCUT2D eigenvalue weighted by Gasteiger charge is -2.28. The van der Waals surface area contributed by atoms with Crippen LogP contribution >= 0.6 is 11.3 Å². The molecule has 122 valence electrons. The lowest BCUT2D eigenvalue weighted by Crippen LogP contribution is -2.36. The van der Waals surface area contributed by atoms with Gasteiger partial charge in [0.25, 0.3) is 5.91 Å². The fourth-order valence-corrected chi connectivity index (χ4v) is 3.37. The minimum atomic E-state index is -0.105. The largest absolute Gasteiger partial charge is 0.378 e. The number of aromatic nitrogens is 2. The van der Waals surface area contributed by atoms with Crippen LogP contribution in [0.3, 0.4) is 0 Å². The van der Waals surface area contributed by atoms with E-state index in [2.05, 4.69) is 20.2 Å². The Morgan fingerprint density at radius 3 is 2.88 bits per heavy atom. The molecule has 1 aliphatic rings. The second-order valence-corrected chi connectivity index (χ2v) is 6.41. The Morgan fingerprint density at radius 2 is 2.08 bits per heavy atom. The molecule has 1 aromatic carbocycles. The number of carbonyl (C=O) groups excluding carboxylic acids is 1. The maximum atomic E-state index is 12.2. The molecule has 0 spiro atoms. The van der Waals surface area contributed by atoms with Crippen molar-refractivity contribution in [2.75, 3.05) is 36.5 Å². The third-order valence-electron chi connectivity index (χ3n) is 3.93. The summed E-state index contributed by atoms with van der Waals surface area (Å²) in [5.41, 5.74) is 1.54. The predicted octanol–water partition coefficient (Wildman–Crippen LogP) is 2.78. The molecule has 0 aliphatic carbocycles. The predicted molar refractivity (Wildman–Crippen MR) is 94.8 cm³/mol. The first-order valence-corrected chi connectivity index (χ1v) is 8.61. The zero-order chi connectivity index (χ0) is 16.4. The van der Waals surface area contributed by atoms with Crippen molar-refractivity contribution in [2.45, 2.75) is 0 Å². The second-order valence-electron chi connectivity index (χ2n) is 5.46. The van der Waals surface area contributed by atoms with Gasteiger partial charge in [-0.3, -0.25) is 4.79 Å². The topological polar surface area (TPSA) is 67.4 Å². The Hall–Kier alpha value is -2.51. The number of fused-ring (bicyclic) bond motifs is 1. The highest BCUT2D eigenvalue weighted by molar-refractivity contribution is 7.12. The highest BCUT2D eigenvalue weighted by atomic mass is 32.1. The smallest absolute Gasteiger partial charge is 0.265 e. The molecule has 0 saturated carbocycles. The van der Waals surface area contributed by atoms with Crippen molar-refractivity contribution in [3.8, 4) is 0 Å². The first-order chi connectivity index (χ1) is 11.8. The van der Waals surface area contributed by atoms with Crippen molar-refractivity contribution in [1.82, 2.24) is 9.97 Å². The Balaban J connectivity index is 1.63. The molecule has 4 rings (SSSR count). The quantitative estimate of drug-likeness (QED) is 0.794. The van der Waals surface area contributed by atoms with Crippen LogP contribution in [-0.2, 0) is 4.74 Å². The lowest BCUT2D eigenvalue weighted by atomic mass is 10.2. The van der Waals surface area contributed by atoms with Gasteiger partial charge in [-0.25, -0.2) is 9.97 Å². The number of rotatable bonds is 3. The molecular formula is C17H16N4O2S. The van der Waals surface area contributed by atoms with E-state index in [0.29, 0.717) is 18.1 Å². The number of hydrogen-bond acceptors (Lipinski definition) is 6. The van der Waals surface area contributed by atoms with Crippen molar-refractivity contribution in [2.24, 2.45) is 0 Å². The first-order valence-electron chi connectivity index (χ1n) is 7.73. The molecule has 1 aliphatic heterocycles. The summed E-state index contributed by atoms with van der Waals surface area (Å²) in [6.07, 6.45) is 1.57. The molecule has 1 saturated heterocycles. The minimum absolute atomic E-state index is 0.105. The molecule has 1 N–H and O–H groups in total. The highest BCUT2D eigenvalue weighted by Gasteiger charge is 2.16. The third-order valence-corrected chi connectivity index (χ3v) is 4.80. The normalized spacial score (nSPS) is 14.8. The molecule has 3 heterocycles. The molecule has 3 aromatic rings. The molecule has 1 amide bonds. The molecule has 0 atom stereocenters. The molecule has 7 heteroatoms. The summed E-state index contributed by atoms with van der Waals surface area (Å²) in [6.45, 7) is 3.06. The van der Waals surface area contributed by atoms with E-state index in [0.717, 1.165) is 35.5 Å². The summed E-state index contributed by atoms with van der Waals surface area (Å²) in [7, 11) is 0. The summed E-state index contributed by atoms with van der Waals surface area (Å²) in [6, 6.07) is 9.40. The van der Waals surface area contributed by atoms with Crippen LogP contribution in [0.4, 0.5) is 11.5 Å². The third kappa shape index (κ3) is 2.95. The number of nitrogens with one attached hydrogen (secondary N) is 1. The zero-order valence-corrected chi connectivity index (χ0v) is 13.8. The van der Waals surface area contributed by atoms with Crippen LogP contribution in [0.15, 0.2) is 42.0 Å². The van der Waals surface area contributed by atoms with Crippen molar-refractivity contribution >= 4 is 39.7 Å². The Bertz CT molecular complexity index is 860. The van der Waals surface area contributed by atoms with E-state index >= 15 is 0 Å². The fraction of sp³-hybridized carbons (Fsp3) is 0.235. The highest BCUT2D eigenvalue weighted by Crippen LogP contribution is 2.26. The number of thiophene rings is 1. The Labute approximate surface area is 143 Å². The van der Waals surface area contributed by atoms with Crippen molar-refractivity contribution < 1.29 is 9.53 Å². The van der Waals surface area contributed by atoms with Gasteiger partial charge < -0.3 is 15.0 Å². The Morgan fingerprint density at radius 1 is 1.21 bits per heavy atom. The number of morpholine rings is 1. The van der Waals surface area contributed by atoms with Gasteiger partial charge in [-0.2, -0.15) is 0 Å². The van der Waals surface area contributed by atoms with Gasteiger partial charge in [0, 0.05) is 24.2 Å². The molecule has 2 aromatic heterocycles. The molecule has 0 radical (unpaired) electrons. The standard InChI is InChI=1S/C17H16N4O2S/c22-17(15-2-1-9-24-15)20-12-3-4-13-14(10-12)18-11-19-16(13)21-5-7-23-8-6-21/h1-4,9-11H,5-8H2,(H,20,22). The van der Waals surface area contributed by atoms with E-state index in [-0.39, 0.29) is 5.91 Å². The van der Waals surface area contributed by atoms with Gasteiger partial charge in [-0.15, -0.1) is 11.3 Å². The SMILES string of the molecule is O=C(Nc1ccc2c(N3CCOCC3)ncnc2c1)c1cccs1. The molecule has 0 bridgehead atoms. The van der Waals surface area contributed by atoms with Crippen LogP contribution in [0, 0.1) is 0 Å². The van der Waals surface area contributed by atoms with E-state index in [1.54, 1.807) is 12.4 Å². The summed E-state index contributed by atoms with van der Waals surface area (Å²) in [4.78, 5) is 23.8. The maximum Gasteiger partial charge on any atom is 0.265 e. The summed E-state index contributed by atoms with van der Waals surface area (Å²) in [5, 5.41) is 5.78. The monoisotopic (exact) mass is 340 g/mol. The number of carbonyl (C=O) groups is 1. The summed E-state index contributed by atoms with van der Waals surface area (Å²) in [5.74, 6) is 0.811. The van der Waals surface area contributed by atoms with Gasteiger partial charge in [0.1, 0.15) is 12.1 Å². The van der Waals surface area contributed by atoms with E-state index in [9.17, 15) is 4.79 Å². The Kier molecular flexibility index (Phi) is 4.10. The first kappa shape index (κ1) is 15.0. The number of anilines is 2. The number of amides is 1. The van der Waals surface area contributed by atoms with Gasteiger partial charge in [-0.05, 0) is 29.6 Å². The molecular weight excluding hydrogens is 324 g/mol. The maximum absolute atomic E-state index is 12.2. The average molecular weight is 340 g/mol. The fourth-order valence-electron chi connectivity index (χ4n) is 2.75. The second kappa shape index (κ2) is 6.54. The number of nitrogens with zero attached hydrogens (tertiary/aromatic N) is 3. The van der Waals surface area contributed by atoms with Gasteiger partial charge in [0.2, 0.25) is 0 Å². The van der Waals surface area contributed by atoms with E-state index in [1.807, 2.05) is 29.6 Å². The van der Waals surface area contributed by atoms with E-state index in [1.165, 1.54) is 11.3 Å². The van der Waals surface area contributed by atoms with Gasteiger partial charge in [-0.1, -0.05) is 6.07 Å². The molecule has 24 heavy (non-hydrogen) atoms. The molecule has 6 nitrogen and oxygen atoms in total. The number of benzene rings is 1. The van der Waals surface area contributed by atoms with Gasteiger partial charge >= 0.3 is 0 Å². The van der Waals surface area contributed by atoms with Crippen LogP contribution in [0.2, 0.25) is 0 Å². The molecule has 0 unspecified atom stereocenters. The minimum Gasteiger partial charge on any atom is -0.378 e. The van der Waals surface area contributed by atoms with Crippen molar-refractivity contribution in [1.29, 1.82) is 0 Å². The lowest BCUT2D eigenvalue weighted by molar-refractivity contribution is 0.103. The van der Waals surface area contributed by atoms with Crippen molar-refractivity contribution in [3.05, 3.63) is 46.9 Å². The van der Waals surface area contributed by atoms with Crippen LogP contribution < -0.4 is 10.2 Å². The van der Waals surface area contributed by atoms with E-state index < -0.39 is 0 Å². The number of hydrogen-bond donors (Lipinski definition) is 1. The van der Waals surface area contributed by atoms with Crippen LogP contribution in [0.5, 0.6) is 0 Å². The number of ether oxygens (including phenoxy) is 1. The molecule has 1 fully saturated rings. The van der Waals surface area contributed by atoms with Crippen molar-refractivity contribution in [3.63, 3.8) is 0 Å². The zero-order valence-electron chi connectivity index (χ0n) is 12.9. The average Bonchev–Trinajstić information content (AvgIpc) is 3.16. The summed E-state index contributed by atoms with van der Waals surface area (Å²) >= 11 is 1.42. The summed E-state index contributed by atoms with van der Waals surface area (Å²) < 4.78 is 5.40. The van der Waals surface area contributed by atoms with Crippen LogP contribution in [-0.4, -0.2) is 42.2 Å². The van der Waals surface area contributed by atoms with Crippen LogP contribution in [0.25, 0.3) is 10.9 Å². The van der Waals surface area contributed by atoms with E-state index in [4.69, 9.17) is 4.74 Å². The van der Waals surface area contributed by atoms with Crippen LogP contribution in [0.1, 0.15) is 9.67 Å².